The van der Waals surface area contributed by atoms with Gasteiger partial charge < -0.3 is 5.32 Å². The molecule has 1 aromatic heterocycles. The van der Waals surface area contributed by atoms with Crippen molar-refractivity contribution in [3.05, 3.63) is 18.0 Å². The monoisotopic (exact) mass is 183 g/mol. The lowest BCUT2D eigenvalue weighted by molar-refractivity contribution is 0.866. The molecule has 0 aliphatic heterocycles. The van der Waals surface area contributed by atoms with Gasteiger partial charge in [-0.2, -0.15) is 0 Å². The summed E-state index contributed by atoms with van der Waals surface area (Å²) in [5, 5.41) is 3.93. The van der Waals surface area contributed by atoms with E-state index in [4.69, 9.17) is 0 Å². The van der Waals surface area contributed by atoms with Crippen molar-refractivity contribution in [2.24, 2.45) is 0 Å². The van der Waals surface area contributed by atoms with Crippen molar-refractivity contribution < 1.29 is 0 Å². The Balaban J connectivity index is 2.37. The quantitative estimate of drug-likeness (QED) is 0.431. The largest absolute Gasteiger partial charge is 0.319 e. The van der Waals surface area contributed by atoms with Gasteiger partial charge in [0.25, 0.3) is 0 Å². The summed E-state index contributed by atoms with van der Waals surface area (Å²) in [6, 6.07) is 0. The Bertz CT molecular complexity index is 222. The summed E-state index contributed by atoms with van der Waals surface area (Å²) in [4.78, 5) is 8.35. The highest BCUT2D eigenvalue weighted by Crippen LogP contribution is 2.10. The molecule has 1 rings (SSSR count). The fourth-order valence-electron chi connectivity index (χ4n) is 0.700. The van der Waals surface area contributed by atoms with Gasteiger partial charge in [0.2, 0.25) is 0 Å². The number of rotatable bonds is 4. The lowest BCUT2D eigenvalue weighted by Gasteiger charge is -1.98. The number of hydrogen-bond acceptors (Lipinski definition) is 4. The summed E-state index contributed by atoms with van der Waals surface area (Å²) in [6.07, 6.45) is 3.68. The predicted molar refractivity (Wildman–Crippen MR) is 51.4 cm³/mol. The number of aromatic nitrogens is 2. The maximum Gasteiger partial charge on any atom is 0.187 e. The van der Waals surface area contributed by atoms with E-state index in [9.17, 15) is 0 Å². The van der Waals surface area contributed by atoms with E-state index in [1.165, 1.54) is 0 Å². The topological polar surface area (TPSA) is 37.8 Å². The fourth-order valence-corrected chi connectivity index (χ4v) is 1.44. The van der Waals surface area contributed by atoms with E-state index in [1.807, 2.05) is 26.4 Å². The Morgan fingerprint density at radius 3 is 2.67 bits per heavy atom. The van der Waals surface area contributed by atoms with E-state index in [0.29, 0.717) is 0 Å². The summed E-state index contributed by atoms with van der Waals surface area (Å²) >= 11 is 1.67. The average Bonchev–Trinajstić information content (AvgIpc) is 2.09. The first-order valence-electron chi connectivity index (χ1n) is 3.89. The smallest absolute Gasteiger partial charge is 0.187 e. The van der Waals surface area contributed by atoms with Crippen LogP contribution in [0.4, 0.5) is 0 Å². The molecule has 12 heavy (non-hydrogen) atoms. The van der Waals surface area contributed by atoms with Gasteiger partial charge in [-0.25, -0.2) is 9.97 Å². The second-order valence-corrected chi connectivity index (χ2v) is 3.56. The summed E-state index contributed by atoms with van der Waals surface area (Å²) in [7, 11) is 1.94. The maximum absolute atomic E-state index is 4.17. The lowest BCUT2D eigenvalue weighted by atomic mass is 10.4. The number of aryl methyl sites for hydroxylation is 1. The molecule has 1 aromatic rings. The highest BCUT2D eigenvalue weighted by molar-refractivity contribution is 7.99. The second-order valence-electron chi connectivity index (χ2n) is 2.50. The van der Waals surface area contributed by atoms with Crippen LogP contribution in [-0.4, -0.2) is 29.3 Å². The average molecular weight is 183 g/mol. The molecule has 1 heterocycles. The third kappa shape index (κ3) is 3.19. The number of nitrogens with one attached hydrogen (secondary N) is 1. The molecule has 0 saturated heterocycles. The van der Waals surface area contributed by atoms with E-state index in [0.717, 1.165) is 23.0 Å². The summed E-state index contributed by atoms with van der Waals surface area (Å²) in [5.74, 6) is 1.01. The SMILES string of the molecule is CNCCSc1ncc(C)cn1. The molecule has 0 aliphatic carbocycles. The number of hydrogen-bond donors (Lipinski definition) is 1. The minimum absolute atomic E-state index is 0.857. The van der Waals surface area contributed by atoms with Gasteiger partial charge in [0.15, 0.2) is 5.16 Å². The van der Waals surface area contributed by atoms with Gasteiger partial charge in [-0.1, -0.05) is 11.8 Å². The van der Waals surface area contributed by atoms with Gasteiger partial charge in [0.1, 0.15) is 0 Å². The molecule has 66 valence electrons. The molecule has 3 nitrogen and oxygen atoms in total. The van der Waals surface area contributed by atoms with E-state index in [2.05, 4.69) is 15.3 Å². The third-order valence-electron chi connectivity index (χ3n) is 1.34. The Morgan fingerprint density at radius 1 is 1.42 bits per heavy atom. The molecular formula is C8H13N3S. The normalized spacial score (nSPS) is 10.2. The van der Waals surface area contributed by atoms with Gasteiger partial charge in [0.05, 0.1) is 0 Å². The van der Waals surface area contributed by atoms with Crippen molar-refractivity contribution >= 4 is 11.8 Å². The maximum atomic E-state index is 4.17. The molecule has 0 atom stereocenters. The van der Waals surface area contributed by atoms with Crippen LogP contribution in [-0.2, 0) is 0 Å². The van der Waals surface area contributed by atoms with E-state index in [-0.39, 0.29) is 0 Å². The molecule has 1 N–H and O–H groups in total. The Hall–Kier alpha value is -0.610. The molecule has 0 unspecified atom stereocenters. The standard InChI is InChI=1S/C8H13N3S/c1-7-5-10-8(11-6-7)12-4-3-9-2/h5-6,9H,3-4H2,1-2H3. The Morgan fingerprint density at radius 2 is 2.08 bits per heavy atom. The Kier molecular flexibility index (Phi) is 4.04. The molecule has 0 aromatic carbocycles. The van der Waals surface area contributed by atoms with Crippen molar-refractivity contribution in [1.82, 2.24) is 15.3 Å². The summed E-state index contributed by atoms with van der Waals surface area (Å²) in [5.41, 5.74) is 1.10. The van der Waals surface area contributed by atoms with Crippen LogP contribution in [0.1, 0.15) is 5.56 Å². The van der Waals surface area contributed by atoms with Crippen LogP contribution in [0.2, 0.25) is 0 Å². The number of thioether (sulfide) groups is 1. The molecule has 0 bridgehead atoms. The van der Waals surface area contributed by atoms with E-state index >= 15 is 0 Å². The second kappa shape index (κ2) is 5.11. The zero-order chi connectivity index (χ0) is 8.81. The molecular weight excluding hydrogens is 170 g/mol. The van der Waals surface area contributed by atoms with Crippen molar-refractivity contribution in [1.29, 1.82) is 0 Å². The summed E-state index contributed by atoms with van der Waals surface area (Å²) < 4.78 is 0. The van der Waals surface area contributed by atoms with Gasteiger partial charge in [-0.15, -0.1) is 0 Å². The van der Waals surface area contributed by atoms with Crippen LogP contribution in [0.5, 0.6) is 0 Å². The van der Waals surface area contributed by atoms with Crippen LogP contribution in [0.3, 0.4) is 0 Å². The van der Waals surface area contributed by atoms with Crippen LogP contribution in [0.15, 0.2) is 17.6 Å². The van der Waals surface area contributed by atoms with Gasteiger partial charge in [-0.05, 0) is 19.5 Å². The van der Waals surface area contributed by atoms with Crippen molar-refractivity contribution in [2.45, 2.75) is 12.1 Å². The first kappa shape index (κ1) is 9.48. The molecule has 4 heteroatoms. The van der Waals surface area contributed by atoms with Gasteiger partial charge >= 0.3 is 0 Å². The zero-order valence-corrected chi connectivity index (χ0v) is 8.19. The van der Waals surface area contributed by atoms with Gasteiger partial charge in [-0.3, -0.25) is 0 Å². The highest BCUT2D eigenvalue weighted by atomic mass is 32.2. The first-order valence-corrected chi connectivity index (χ1v) is 4.87. The van der Waals surface area contributed by atoms with E-state index < -0.39 is 0 Å². The molecule has 0 saturated carbocycles. The third-order valence-corrected chi connectivity index (χ3v) is 2.22. The fraction of sp³-hybridized carbons (Fsp3) is 0.500. The molecule has 0 spiro atoms. The van der Waals surface area contributed by atoms with Crippen molar-refractivity contribution in [3.8, 4) is 0 Å². The highest BCUT2D eigenvalue weighted by Gasteiger charge is 1.94. The van der Waals surface area contributed by atoms with Crippen LogP contribution in [0, 0.1) is 6.92 Å². The van der Waals surface area contributed by atoms with Crippen LogP contribution < -0.4 is 5.32 Å². The zero-order valence-electron chi connectivity index (χ0n) is 7.37. The lowest BCUT2D eigenvalue weighted by Crippen LogP contribution is -2.09. The molecule has 0 fully saturated rings. The Labute approximate surface area is 77.0 Å². The molecule has 0 aliphatic rings. The molecule has 0 radical (unpaired) electrons. The van der Waals surface area contributed by atoms with Crippen LogP contribution >= 0.6 is 11.8 Å². The van der Waals surface area contributed by atoms with Crippen molar-refractivity contribution in [2.75, 3.05) is 19.3 Å². The molecule has 0 amide bonds. The van der Waals surface area contributed by atoms with Crippen LogP contribution in [0.25, 0.3) is 0 Å². The first-order chi connectivity index (χ1) is 5.83. The van der Waals surface area contributed by atoms with Gasteiger partial charge in [0, 0.05) is 24.7 Å². The van der Waals surface area contributed by atoms with Crippen molar-refractivity contribution in [3.63, 3.8) is 0 Å². The predicted octanol–water partition coefficient (Wildman–Crippen LogP) is 1.10. The summed E-state index contributed by atoms with van der Waals surface area (Å²) in [6.45, 7) is 2.98. The number of nitrogens with zero attached hydrogens (tertiary/aromatic N) is 2. The van der Waals surface area contributed by atoms with E-state index in [1.54, 1.807) is 11.8 Å². The minimum atomic E-state index is 0.857. The minimum Gasteiger partial charge on any atom is -0.319 e.